The van der Waals surface area contributed by atoms with Gasteiger partial charge in [-0.25, -0.2) is 4.39 Å². The van der Waals surface area contributed by atoms with Crippen molar-refractivity contribution < 1.29 is 14.1 Å². The van der Waals surface area contributed by atoms with E-state index >= 15 is 0 Å². The molecule has 5 nitrogen and oxygen atoms in total. The van der Waals surface area contributed by atoms with Crippen LogP contribution < -0.4 is 0 Å². The van der Waals surface area contributed by atoms with E-state index in [9.17, 15) is 19.3 Å². The number of nitro groups is 1. The Labute approximate surface area is 85.3 Å². The summed E-state index contributed by atoms with van der Waals surface area (Å²) in [5.41, 5.74) is -0.639. The molecule has 1 amide bonds. The highest BCUT2D eigenvalue weighted by Crippen LogP contribution is 2.20. The lowest BCUT2D eigenvalue weighted by Crippen LogP contribution is -2.22. The first-order valence-electron chi connectivity index (χ1n) is 4.09. The van der Waals surface area contributed by atoms with Crippen LogP contribution in [0.25, 0.3) is 0 Å². The quantitative estimate of drug-likeness (QED) is 0.550. The van der Waals surface area contributed by atoms with Gasteiger partial charge in [-0.2, -0.15) is 0 Å². The molecule has 0 aliphatic carbocycles. The first-order chi connectivity index (χ1) is 6.93. The Morgan fingerprint density at radius 3 is 2.53 bits per heavy atom. The lowest BCUT2D eigenvalue weighted by atomic mass is 10.1. The van der Waals surface area contributed by atoms with Gasteiger partial charge in [0.2, 0.25) is 0 Å². The number of carbonyl (C=O) groups is 1. The average Bonchev–Trinajstić information content (AvgIpc) is 2.16. The molecule has 15 heavy (non-hydrogen) atoms. The molecule has 1 aromatic rings. The smallest absolute Gasteiger partial charge is 0.285 e. The fourth-order valence-electron chi connectivity index (χ4n) is 1.08. The molecule has 6 heteroatoms. The van der Waals surface area contributed by atoms with Gasteiger partial charge in [-0.1, -0.05) is 0 Å². The van der Waals surface area contributed by atoms with Crippen LogP contribution in [0.5, 0.6) is 0 Å². The van der Waals surface area contributed by atoms with E-state index in [1.165, 1.54) is 19.0 Å². The van der Waals surface area contributed by atoms with Gasteiger partial charge in [0, 0.05) is 14.1 Å². The average molecular weight is 212 g/mol. The molecule has 0 fully saturated rings. The van der Waals surface area contributed by atoms with Crippen LogP contribution in [0.3, 0.4) is 0 Å². The van der Waals surface area contributed by atoms with E-state index in [0.717, 1.165) is 18.2 Å². The van der Waals surface area contributed by atoms with Crippen LogP contribution in [-0.4, -0.2) is 29.8 Å². The molecule has 0 aromatic heterocycles. The Morgan fingerprint density at radius 1 is 1.47 bits per heavy atom. The molecule has 0 saturated carbocycles. The SMILES string of the molecule is CN(C)C(=O)c1ccc(F)cc1[N+](=O)[O-]. The minimum absolute atomic E-state index is 0.119. The third-order valence-electron chi connectivity index (χ3n) is 1.79. The minimum Gasteiger partial charge on any atom is -0.345 e. The van der Waals surface area contributed by atoms with E-state index in [0.29, 0.717) is 0 Å². The molecule has 0 atom stereocenters. The summed E-state index contributed by atoms with van der Waals surface area (Å²) < 4.78 is 12.7. The van der Waals surface area contributed by atoms with Crippen LogP contribution in [0.1, 0.15) is 10.4 Å². The highest BCUT2D eigenvalue weighted by atomic mass is 19.1. The summed E-state index contributed by atoms with van der Waals surface area (Å²) in [7, 11) is 2.94. The van der Waals surface area contributed by atoms with Crippen molar-refractivity contribution in [2.75, 3.05) is 14.1 Å². The molecule has 0 bridgehead atoms. The third-order valence-corrected chi connectivity index (χ3v) is 1.79. The molecule has 0 saturated heterocycles. The van der Waals surface area contributed by atoms with Gasteiger partial charge in [-0.3, -0.25) is 14.9 Å². The Balaban J connectivity index is 3.29. The van der Waals surface area contributed by atoms with Gasteiger partial charge < -0.3 is 4.90 Å². The number of hydrogen-bond donors (Lipinski definition) is 0. The summed E-state index contributed by atoms with van der Waals surface area (Å²) in [4.78, 5) is 22.5. The molecule has 1 aromatic carbocycles. The van der Waals surface area contributed by atoms with Crippen molar-refractivity contribution in [2.45, 2.75) is 0 Å². The van der Waals surface area contributed by atoms with E-state index in [1.54, 1.807) is 0 Å². The Kier molecular flexibility index (Phi) is 2.99. The fraction of sp³-hybridized carbons (Fsp3) is 0.222. The zero-order valence-electron chi connectivity index (χ0n) is 8.23. The van der Waals surface area contributed by atoms with Crippen molar-refractivity contribution in [1.82, 2.24) is 4.90 Å². The lowest BCUT2D eigenvalue weighted by Gasteiger charge is -2.09. The summed E-state index contributed by atoms with van der Waals surface area (Å²) >= 11 is 0. The second kappa shape index (κ2) is 4.04. The number of nitrogens with zero attached hydrogens (tertiary/aromatic N) is 2. The van der Waals surface area contributed by atoms with Crippen LogP contribution in [0.2, 0.25) is 0 Å². The lowest BCUT2D eigenvalue weighted by molar-refractivity contribution is -0.385. The normalized spacial score (nSPS) is 9.80. The van der Waals surface area contributed by atoms with Gasteiger partial charge in [0.05, 0.1) is 11.0 Å². The zero-order valence-corrected chi connectivity index (χ0v) is 8.23. The number of halogens is 1. The number of benzene rings is 1. The van der Waals surface area contributed by atoms with Crippen molar-refractivity contribution in [3.63, 3.8) is 0 Å². The van der Waals surface area contributed by atoms with Gasteiger partial charge in [0.1, 0.15) is 11.4 Å². The van der Waals surface area contributed by atoms with E-state index in [2.05, 4.69) is 0 Å². The molecule has 0 heterocycles. The van der Waals surface area contributed by atoms with Gasteiger partial charge in [0.25, 0.3) is 11.6 Å². The van der Waals surface area contributed by atoms with E-state index in [4.69, 9.17) is 0 Å². The maximum absolute atomic E-state index is 12.7. The summed E-state index contributed by atoms with van der Waals surface area (Å²) in [6.45, 7) is 0. The fourth-order valence-corrected chi connectivity index (χ4v) is 1.08. The standard InChI is InChI=1S/C9H9FN2O3/c1-11(2)9(13)7-4-3-6(10)5-8(7)12(14)15/h3-5H,1-2H3. The number of rotatable bonds is 2. The first kappa shape index (κ1) is 11.1. The molecule has 80 valence electrons. The van der Waals surface area contributed by atoms with Gasteiger partial charge >= 0.3 is 0 Å². The van der Waals surface area contributed by atoms with Crippen LogP contribution in [-0.2, 0) is 0 Å². The second-order valence-electron chi connectivity index (χ2n) is 3.12. The van der Waals surface area contributed by atoms with E-state index in [-0.39, 0.29) is 5.56 Å². The van der Waals surface area contributed by atoms with E-state index in [1.807, 2.05) is 0 Å². The van der Waals surface area contributed by atoms with E-state index < -0.39 is 22.3 Å². The van der Waals surface area contributed by atoms with Crippen molar-refractivity contribution in [2.24, 2.45) is 0 Å². The predicted octanol–water partition coefficient (Wildman–Crippen LogP) is 1.44. The molecular formula is C9H9FN2O3. The molecular weight excluding hydrogens is 203 g/mol. The molecule has 0 spiro atoms. The largest absolute Gasteiger partial charge is 0.345 e. The van der Waals surface area contributed by atoms with Crippen molar-refractivity contribution in [3.8, 4) is 0 Å². The molecule has 0 radical (unpaired) electrons. The monoisotopic (exact) mass is 212 g/mol. The molecule has 0 aliphatic rings. The highest BCUT2D eigenvalue weighted by Gasteiger charge is 2.21. The Hall–Kier alpha value is -1.98. The Bertz CT molecular complexity index is 418. The van der Waals surface area contributed by atoms with Gasteiger partial charge in [0.15, 0.2) is 0 Å². The summed E-state index contributed by atoms with van der Waals surface area (Å²) in [6.07, 6.45) is 0. The highest BCUT2D eigenvalue weighted by molar-refractivity contribution is 5.97. The van der Waals surface area contributed by atoms with Gasteiger partial charge in [-0.15, -0.1) is 0 Å². The van der Waals surface area contributed by atoms with Crippen LogP contribution in [0.4, 0.5) is 10.1 Å². The third kappa shape index (κ3) is 2.28. The molecule has 0 unspecified atom stereocenters. The predicted molar refractivity (Wildman–Crippen MR) is 51.1 cm³/mol. The second-order valence-corrected chi connectivity index (χ2v) is 3.12. The molecule has 0 aliphatic heterocycles. The summed E-state index contributed by atoms with van der Waals surface area (Å²) in [5.74, 6) is -1.27. The number of carbonyl (C=O) groups excluding carboxylic acids is 1. The van der Waals surface area contributed by atoms with Crippen molar-refractivity contribution >= 4 is 11.6 Å². The van der Waals surface area contributed by atoms with Crippen LogP contribution in [0.15, 0.2) is 18.2 Å². The maximum atomic E-state index is 12.7. The number of nitro benzene ring substituents is 1. The number of hydrogen-bond acceptors (Lipinski definition) is 3. The summed E-state index contributed by atoms with van der Waals surface area (Å²) in [6, 6.07) is 2.86. The van der Waals surface area contributed by atoms with Crippen LogP contribution >= 0.6 is 0 Å². The Morgan fingerprint density at radius 2 is 2.07 bits per heavy atom. The number of amides is 1. The van der Waals surface area contributed by atoms with Crippen molar-refractivity contribution in [3.05, 3.63) is 39.7 Å². The van der Waals surface area contributed by atoms with Crippen LogP contribution in [0, 0.1) is 15.9 Å². The minimum atomic E-state index is -0.778. The summed E-state index contributed by atoms with van der Waals surface area (Å²) in [5, 5.41) is 10.6. The van der Waals surface area contributed by atoms with Gasteiger partial charge in [-0.05, 0) is 12.1 Å². The molecule has 0 N–H and O–H groups in total. The maximum Gasteiger partial charge on any atom is 0.285 e. The first-order valence-corrected chi connectivity index (χ1v) is 4.09. The zero-order chi connectivity index (χ0) is 11.6. The van der Waals surface area contributed by atoms with Crippen molar-refractivity contribution in [1.29, 1.82) is 0 Å². The molecule has 1 rings (SSSR count). The topological polar surface area (TPSA) is 63.5 Å².